The molecule has 0 radical (unpaired) electrons. The van der Waals surface area contributed by atoms with Crippen molar-refractivity contribution in [2.24, 2.45) is 7.05 Å². The Labute approximate surface area is 131 Å². The fourth-order valence-corrected chi connectivity index (χ4v) is 3.09. The van der Waals surface area contributed by atoms with Gasteiger partial charge < -0.3 is 9.88 Å². The van der Waals surface area contributed by atoms with E-state index in [1.165, 1.54) is 6.07 Å². The summed E-state index contributed by atoms with van der Waals surface area (Å²) in [6.45, 7) is 0. The van der Waals surface area contributed by atoms with E-state index >= 15 is 0 Å². The fourth-order valence-electron chi connectivity index (χ4n) is 2.14. The van der Waals surface area contributed by atoms with Crippen LogP contribution in [0.25, 0.3) is 0 Å². The van der Waals surface area contributed by atoms with E-state index in [1.54, 1.807) is 29.7 Å². The van der Waals surface area contributed by atoms with Crippen molar-refractivity contribution in [2.45, 2.75) is 6.04 Å². The Hall–Kier alpha value is -1.85. The Balaban J connectivity index is 2.01. The summed E-state index contributed by atoms with van der Waals surface area (Å²) in [6, 6.07) is 8.66. The normalized spacial score (nSPS) is 12.3. The fraction of sp³-hybridized carbons (Fsp3) is 0.133. The van der Waals surface area contributed by atoms with Gasteiger partial charge in [-0.1, -0.05) is 23.7 Å². The van der Waals surface area contributed by atoms with Crippen molar-refractivity contribution in [3.63, 3.8) is 0 Å². The predicted molar refractivity (Wildman–Crippen MR) is 84.4 cm³/mol. The number of benzene rings is 1. The summed E-state index contributed by atoms with van der Waals surface area (Å²) in [7, 11) is 1.92. The van der Waals surface area contributed by atoms with Crippen LogP contribution in [0.5, 0.6) is 0 Å². The highest BCUT2D eigenvalue weighted by Crippen LogP contribution is 2.31. The second-order valence-electron chi connectivity index (χ2n) is 4.59. The van der Waals surface area contributed by atoms with E-state index in [2.05, 4.69) is 10.3 Å². The summed E-state index contributed by atoms with van der Waals surface area (Å²) in [6.07, 6.45) is 3.60. The van der Waals surface area contributed by atoms with E-state index < -0.39 is 5.82 Å². The number of thiophene rings is 1. The van der Waals surface area contributed by atoms with E-state index in [0.717, 1.165) is 10.7 Å². The molecule has 1 N–H and O–H groups in total. The number of imidazole rings is 1. The molecule has 0 bridgehead atoms. The maximum atomic E-state index is 14.1. The number of rotatable bonds is 4. The second-order valence-corrected chi connectivity index (χ2v) is 5.98. The SMILES string of the molecule is Cn1ccnc1C(Nc1cccc(Cl)c1F)c1cccs1. The van der Waals surface area contributed by atoms with Gasteiger partial charge in [0.2, 0.25) is 0 Å². The number of aromatic nitrogens is 2. The predicted octanol–water partition coefficient (Wildman–Crippen LogP) is 4.48. The first-order chi connectivity index (χ1) is 10.2. The van der Waals surface area contributed by atoms with Crippen molar-refractivity contribution in [1.29, 1.82) is 0 Å². The number of hydrogen-bond donors (Lipinski definition) is 1. The van der Waals surface area contributed by atoms with E-state index in [4.69, 9.17) is 11.6 Å². The minimum absolute atomic E-state index is 0.102. The van der Waals surface area contributed by atoms with Gasteiger partial charge in [0.15, 0.2) is 5.82 Å². The van der Waals surface area contributed by atoms with Crippen molar-refractivity contribution < 1.29 is 4.39 Å². The molecule has 0 aliphatic carbocycles. The van der Waals surface area contributed by atoms with Crippen molar-refractivity contribution in [1.82, 2.24) is 9.55 Å². The molecule has 1 atom stereocenters. The van der Waals surface area contributed by atoms with Gasteiger partial charge in [-0.2, -0.15) is 0 Å². The number of hydrogen-bond acceptors (Lipinski definition) is 3. The first-order valence-corrected chi connectivity index (χ1v) is 7.63. The molecular formula is C15H13ClFN3S. The molecule has 3 nitrogen and oxygen atoms in total. The molecule has 0 amide bonds. The highest BCUT2D eigenvalue weighted by Gasteiger charge is 2.21. The summed E-state index contributed by atoms with van der Waals surface area (Å²) in [4.78, 5) is 5.43. The lowest BCUT2D eigenvalue weighted by Crippen LogP contribution is -2.16. The van der Waals surface area contributed by atoms with Gasteiger partial charge in [0.25, 0.3) is 0 Å². The zero-order valence-corrected chi connectivity index (χ0v) is 12.8. The topological polar surface area (TPSA) is 29.9 Å². The Bertz CT molecular complexity index is 739. The third kappa shape index (κ3) is 2.80. The zero-order chi connectivity index (χ0) is 14.8. The molecule has 0 saturated carbocycles. The van der Waals surface area contributed by atoms with Gasteiger partial charge in [0, 0.05) is 24.3 Å². The van der Waals surface area contributed by atoms with Crippen molar-refractivity contribution in [3.8, 4) is 0 Å². The average Bonchev–Trinajstić information content (AvgIpc) is 3.12. The molecule has 1 aromatic carbocycles. The van der Waals surface area contributed by atoms with Crippen LogP contribution in [0.4, 0.5) is 10.1 Å². The maximum absolute atomic E-state index is 14.1. The monoisotopic (exact) mass is 321 g/mol. The van der Waals surface area contributed by atoms with Crippen LogP contribution in [0.3, 0.4) is 0 Å². The molecule has 6 heteroatoms. The van der Waals surface area contributed by atoms with Gasteiger partial charge in [0.05, 0.1) is 10.7 Å². The number of anilines is 1. The molecular weight excluding hydrogens is 309 g/mol. The smallest absolute Gasteiger partial charge is 0.164 e. The lowest BCUT2D eigenvalue weighted by Gasteiger charge is -2.19. The molecule has 0 aliphatic rings. The summed E-state index contributed by atoms with van der Waals surface area (Å²) >= 11 is 7.44. The van der Waals surface area contributed by atoms with E-state index in [0.29, 0.717) is 5.69 Å². The molecule has 2 heterocycles. The lowest BCUT2D eigenvalue weighted by molar-refractivity contribution is 0.627. The first kappa shape index (κ1) is 14.1. The maximum Gasteiger partial charge on any atom is 0.164 e. The lowest BCUT2D eigenvalue weighted by atomic mass is 10.2. The van der Waals surface area contributed by atoms with Crippen LogP contribution in [0.2, 0.25) is 5.02 Å². The molecule has 108 valence electrons. The van der Waals surface area contributed by atoms with Gasteiger partial charge in [-0.15, -0.1) is 11.3 Å². The average molecular weight is 322 g/mol. The number of halogens is 2. The molecule has 2 aromatic heterocycles. The Morgan fingerprint density at radius 1 is 1.33 bits per heavy atom. The third-order valence-electron chi connectivity index (χ3n) is 3.20. The van der Waals surface area contributed by atoms with Crippen LogP contribution in [-0.4, -0.2) is 9.55 Å². The minimum atomic E-state index is -0.449. The standard InChI is InChI=1S/C15H13ClFN3S/c1-20-8-7-18-15(20)14(12-6-3-9-21-12)19-11-5-2-4-10(16)13(11)17/h2-9,14,19H,1H3. The van der Waals surface area contributed by atoms with Crippen molar-refractivity contribution in [3.05, 3.63) is 69.6 Å². The summed E-state index contributed by atoms with van der Waals surface area (Å²) in [5.41, 5.74) is 0.365. The van der Waals surface area contributed by atoms with E-state index in [9.17, 15) is 4.39 Å². The molecule has 3 rings (SSSR count). The molecule has 0 aliphatic heterocycles. The quantitative estimate of drug-likeness (QED) is 0.768. The van der Waals surface area contributed by atoms with Crippen LogP contribution >= 0.6 is 22.9 Å². The van der Waals surface area contributed by atoms with Crippen LogP contribution in [-0.2, 0) is 7.05 Å². The highest BCUT2D eigenvalue weighted by atomic mass is 35.5. The van der Waals surface area contributed by atoms with Gasteiger partial charge in [0.1, 0.15) is 11.9 Å². The van der Waals surface area contributed by atoms with E-state index in [-0.39, 0.29) is 11.1 Å². The largest absolute Gasteiger partial charge is 0.368 e. The van der Waals surface area contributed by atoms with Gasteiger partial charge in [-0.3, -0.25) is 0 Å². The third-order valence-corrected chi connectivity index (χ3v) is 4.42. The zero-order valence-electron chi connectivity index (χ0n) is 11.3. The van der Waals surface area contributed by atoms with Gasteiger partial charge in [-0.25, -0.2) is 9.37 Å². The first-order valence-electron chi connectivity index (χ1n) is 6.38. The summed E-state index contributed by atoms with van der Waals surface area (Å²) < 4.78 is 16.0. The summed E-state index contributed by atoms with van der Waals surface area (Å²) in [5.74, 6) is 0.367. The van der Waals surface area contributed by atoms with E-state index in [1.807, 2.05) is 35.3 Å². The van der Waals surface area contributed by atoms with Crippen molar-refractivity contribution >= 4 is 28.6 Å². The molecule has 0 saturated heterocycles. The Morgan fingerprint density at radius 2 is 2.19 bits per heavy atom. The summed E-state index contributed by atoms with van der Waals surface area (Å²) in [5, 5.41) is 5.29. The minimum Gasteiger partial charge on any atom is -0.368 e. The Morgan fingerprint density at radius 3 is 2.86 bits per heavy atom. The number of aryl methyl sites for hydroxylation is 1. The molecule has 21 heavy (non-hydrogen) atoms. The highest BCUT2D eigenvalue weighted by molar-refractivity contribution is 7.10. The van der Waals surface area contributed by atoms with Crippen LogP contribution in [0.15, 0.2) is 48.1 Å². The van der Waals surface area contributed by atoms with Crippen molar-refractivity contribution in [2.75, 3.05) is 5.32 Å². The van der Waals surface area contributed by atoms with Crippen LogP contribution in [0, 0.1) is 5.82 Å². The van der Waals surface area contributed by atoms with Gasteiger partial charge in [-0.05, 0) is 23.6 Å². The number of nitrogens with zero attached hydrogens (tertiary/aromatic N) is 2. The van der Waals surface area contributed by atoms with Crippen LogP contribution < -0.4 is 5.32 Å². The molecule has 0 fully saturated rings. The Kier molecular flexibility index (Phi) is 3.94. The van der Waals surface area contributed by atoms with Crippen LogP contribution in [0.1, 0.15) is 16.7 Å². The molecule has 3 aromatic rings. The number of nitrogens with one attached hydrogen (secondary N) is 1. The molecule has 0 spiro atoms. The second kappa shape index (κ2) is 5.87. The molecule has 1 unspecified atom stereocenters. The van der Waals surface area contributed by atoms with Gasteiger partial charge >= 0.3 is 0 Å².